The van der Waals surface area contributed by atoms with E-state index in [0.29, 0.717) is 12.6 Å². The molecule has 4 aromatic rings. The number of nitrogens with one attached hydrogen (secondary N) is 3. The lowest BCUT2D eigenvalue weighted by Crippen LogP contribution is -2.29. The van der Waals surface area contributed by atoms with E-state index < -0.39 is 0 Å². The fourth-order valence-electron chi connectivity index (χ4n) is 5.54. The molecule has 7 heteroatoms. The molecule has 1 aliphatic carbocycles. The number of carbonyl (C=O) groups is 2. The number of rotatable bonds is 10. The summed E-state index contributed by atoms with van der Waals surface area (Å²) >= 11 is 0. The highest BCUT2D eigenvalue weighted by Gasteiger charge is 2.28. The molecule has 0 bridgehead atoms. The van der Waals surface area contributed by atoms with E-state index in [9.17, 15) is 9.59 Å². The third-order valence-corrected chi connectivity index (χ3v) is 7.55. The Kier molecular flexibility index (Phi) is 8.62. The molecule has 0 fully saturated rings. The molecule has 3 aromatic carbocycles. The Bertz CT molecular complexity index is 1510. The SMILES string of the molecule is CCNC(=O)Nc1ccc(CN(CCc2c[nH]c3ccccc23)C2CCc3cc(/C=C/C(=O)OC)ccc32)cc1. The van der Waals surface area contributed by atoms with E-state index in [4.69, 9.17) is 4.74 Å². The zero-order valence-corrected chi connectivity index (χ0v) is 23.1. The first-order valence-electron chi connectivity index (χ1n) is 13.9. The second-order valence-electron chi connectivity index (χ2n) is 10.1. The number of hydrogen-bond donors (Lipinski definition) is 3. The molecule has 7 nitrogen and oxygen atoms in total. The molecular formula is C33H36N4O3. The van der Waals surface area contributed by atoms with Gasteiger partial charge in [-0.3, -0.25) is 4.90 Å². The minimum atomic E-state index is -0.353. The van der Waals surface area contributed by atoms with Crippen LogP contribution in [0.2, 0.25) is 0 Å². The van der Waals surface area contributed by atoms with E-state index in [2.05, 4.69) is 81.3 Å². The molecule has 0 saturated carbocycles. The number of ether oxygens (including phenoxy) is 1. The van der Waals surface area contributed by atoms with Crippen molar-refractivity contribution in [2.75, 3.05) is 25.5 Å². The van der Waals surface area contributed by atoms with Gasteiger partial charge in [0.25, 0.3) is 0 Å². The van der Waals surface area contributed by atoms with Crippen LogP contribution in [-0.4, -0.2) is 42.1 Å². The van der Waals surface area contributed by atoms with Crippen LogP contribution in [0.3, 0.4) is 0 Å². The van der Waals surface area contributed by atoms with Crippen molar-refractivity contribution < 1.29 is 14.3 Å². The van der Waals surface area contributed by atoms with Gasteiger partial charge in [-0.25, -0.2) is 9.59 Å². The molecule has 0 spiro atoms. The number of aromatic nitrogens is 1. The summed E-state index contributed by atoms with van der Waals surface area (Å²) in [5.74, 6) is -0.353. The highest BCUT2D eigenvalue weighted by atomic mass is 16.5. The Morgan fingerprint density at radius 2 is 1.93 bits per heavy atom. The number of H-pyrrole nitrogens is 1. The number of amides is 2. The normalized spacial score (nSPS) is 14.5. The number of para-hydroxylation sites is 1. The maximum absolute atomic E-state index is 11.9. The van der Waals surface area contributed by atoms with Crippen LogP contribution in [0.25, 0.3) is 17.0 Å². The number of fused-ring (bicyclic) bond motifs is 2. The van der Waals surface area contributed by atoms with Gasteiger partial charge in [-0.15, -0.1) is 0 Å². The van der Waals surface area contributed by atoms with Crippen molar-refractivity contribution in [2.24, 2.45) is 0 Å². The average molecular weight is 537 g/mol. The van der Waals surface area contributed by atoms with Crippen molar-refractivity contribution in [1.29, 1.82) is 0 Å². The van der Waals surface area contributed by atoms with Gasteiger partial charge in [0.1, 0.15) is 0 Å². The molecule has 0 aliphatic heterocycles. The molecule has 5 rings (SSSR count). The predicted octanol–water partition coefficient (Wildman–Crippen LogP) is 6.23. The lowest BCUT2D eigenvalue weighted by Gasteiger charge is -2.30. The van der Waals surface area contributed by atoms with Crippen LogP contribution in [0.4, 0.5) is 10.5 Å². The maximum Gasteiger partial charge on any atom is 0.330 e. The van der Waals surface area contributed by atoms with E-state index >= 15 is 0 Å². The van der Waals surface area contributed by atoms with Crippen molar-refractivity contribution in [3.8, 4) is 0 Å². The van der Waals surface area contributed by atoms with Gasteiger partial charge in [0.05, 0.1) is 7.11 Å². The van der Waals surface area contributed by atoms with Crippen LogP contribution >= 0.6 is 0 Å². The van der Waals surface area contributed by atoms with Crippen molar-refractivity contribution in [3.05, 3.63) is 107 Å². The van der Waals surface area contributed by atoms with Crippen molar-refractivity contribution in [1.82, 2.24) is 15.2 Å². The summed E-state index contributed by atoms with van der Waals surface area (Å²) in [4.78, 5) is 29.4. The van der Waals surface area contributed by atoms with Gasteiger partial charge in [0.15, 0.2) is 0 Å². The first-order chi connectivity index (χ1) is 19.5. The summed E-state index contributed by atoms with van der Waals surface area (Å²) in [6.45, 7) is 4.20. The monoisotopic (exact) mass is 536 g/mol. The third-order valence-electron chi connectivity index (χ3n) is 7.55. The van der Waals surface area contributed by atoms with Crippen LogP contribution in [0.1, 0.15) is 47.2 Å². The van der Waals surface area contributed by atoms with Crippen LogP contribution in [0.5, 0.6) is 0 Å². The molecule has 2 amide bonds. The molecule has 206 valence electrons. The fraction of sp³-hybridized carbons (Fsp3) is 0.273. The molecule has 1 atom stereocenters. The third kappa shape index (κ3) is 6.43. The van der Waals surface area contributed by atoms with E-state index in [1.807, 2.05) is 25.1 Å². The number of esters is 1. The maximum atomic E-state index is 11.9. The van der Waals surface area contributed by atoms with Gasteiger partial charge < -0.3 is 20.4 Å². The summed E-state index contributed by atoms with van der Waals surface area (Å²) in [6.07, 6.45) is 8.39. The Hall–Kier alpha value is -4.36. The molecule has 0 radical (unpaired) electrons. The lowest BCUT2D eigenvalue weighted by atomic mass is 10.0. The zero-order chi connectivity index (χ0) is 27.9. The summed E-state index contributed by atoms with van der Waals surface area (Å²) in [5.41, 5.74) is 8.15. The first kappa shape index (κ1) is 27.2. The summed E-state index contributed by atoms with van der Waals surface area (Å²) < 4.78 is 4.73. The first-order valence-corrected chi connectivity index (χ1v) is 13.9. The summed E-state index contributed by atoms with van der Waals surface area (Å²) in [7, 11) is 1.39. The topological polar surface area (TPSA) is 86.5 Å². The molecule has 3 N–H and O–H groups in total. The van der Waals surface area contributed by atoms with Gasteiger partial charge in [0, 0.05) is 54.5 Å². The molecular weight excluding hydrogens is 500 g/mol. The standard InChI is InChI=1S/C33H36N4O3/c1-3-34-33(39)36-27-13-8-24(9-14-27)22-37(19-18-26-21-35-30-7-5-4-6-28(26)30)31-16-12-25-20-23(10-15-29(25)31)11-17-32(38)40-2/h4-11,13-15,17,20-21,31,35H,3,12,16,18-19,22H2,1-2H3,(H2,34,36,39)/b17-11+. The highest BCUT2D eigenvalue weighted by molar-refractivity contribution is 5.89. The van der Waals surface area contributed by atoms with Crippen molar-refractivity contribution in [3.63, 3.8) is 0 Å². The van der Waals surface area contributed by atoms with Gasteiger partial charge in [0.2, 0.25) is 0 Å². The number of hydrogen-bond acceptors (Lipinski definition) is 4. The summed E-state index contributed by atoms with van der Waals surface area (Å²) in [5, 5.41) is 6.91. The van der Waals surface area contributed by atoms with E-state index in [-0.39, 0.29) is 12.0 Å². The molecule has 40 heavy (non-hydrogen) atoms. The zero-order valence-electron chi connectivity index (χ0n) is 23.1. The average Bonchev–Trinajstić information content (AvgIpc) is 3.59. The smallest absolute Gasteiger partial charge is 0.330 e. The fourth-order valence-corrected chi connectivity index (χ4v) is 5.54. The minimum absolute atomic E-state index is 0.195. The number of aryl methyl sites for hydroxylation is 1. The van der Waals surface area contributed by atoms with Gasteiger partial charge in [-0.05, 0) is 78.3 Å². The number of carbonyl (C=O) groups excluding carboxylic acids is 2. The molecule has 1 unspecified atom stereocenters. The van der Waals surface area contributed by atoms with Crippen LogP contribution in [-0.2, 0) is 28.9 Å². The quantitative estimate of drug-likeness (QED) is 0.166. The van der Waals surface area contributed by atoms with Crippen LogP contribution in [0.15, 0.2) is 79.0 Å². The predicted molar refractivity (Wildman–Crippen MR) is 160 cm³/mol. The minimum Gasteiger partial charge on any atom is -0.466 e. The van der Waals surface area contributed by atoms with E-state index in [0.717, 1.165) is 49.1 Å². The number of methoxy groups -OCH3 is 1. The molecule has 1 aliphatic rings. The Labute approximate surface area is 235 Å². The van der Waals surface area contributed by atoms with Crippen molar-refractivity contribution in [2.45, 2.75) is 38.8 Å². The number of anilines is 1. The number of urea groups is 1. The number of nitrogens with zero attached hydrogens (tertiary/aromatic N) is 1. The largest absolute Gasteiger partial charge is 0.466 e. The highest BCUT2D eigenvalue weighted by Crippen LogP contribution is 2.37. The van der Waals surface area contributed by atoms with Crippen LogP contribution in [0, 0.1) is 0 Å². The van der Waals surface area contributed by atoms with Gasteiger partial charge >= 0.3 is 12.0 Å². The Morgan fingerprint density at radius 1 is 1.10 bits per heavy atom. The molecule has 0 saturated heterocycles. The molecule has 1 aromatic heterocycles. The van der Waals surface area contributed by atoms with Crippen molar-refractivity contribution >= 4 is 34.7 Å². The second-order valence-corrected chi connectivity index (χ2v) is 10.1. The Balaban J connectivity index is 1.36. The van der Waals surface area contributed by atoms with Gasteiger partial charge in [-0.1, -0.05) is 48.5 Å². The lowest BCUT2D eigenvalue weighted by molar-refractivity contribution is -0.134. The van der Waals surface area contributed by atoms with E-state index in [1.165, 1.54) is 40.8 Å². The number of aromatic amines is 1. The summed E-state index contributed by atoms with van der Waals surface area (Å²) in [6, 6.07) is 23.1. The Morgan fingerprint density at radius 3 is 2.73 bits per heavy atom. The number of benzene rings is 3. The van der Waals surface area contributed by atoms with Gasteiger partial charge in [-0.2, -0.15) is 0 Å². The van der Waals surface area contributed by atoms with E-state index in [1.54, 1.807) is 0 Å². The second kappa shape index (κ2) is 12.7. The molecule has 1 heterocycles. The van der Waals surface area contributed by atoms with Crippen LogP contribution < -0.4 is 10.6 Å².